The zero-order valence-electron chi connectivity index (χ0n) is 12.7. The lowest BCUT2D eigenvalue weighted by molar-refractivity contribution is 0.425. The third-order valence-corrected chi connectivity index (χ3v) is 4.73. The number of nitrogens with one attached hydrogen (secondary N) is 2. The highest BCUT2D eigenvalue weighted by Crippen LogP contribution is 2.43. The van der Waals surface area contributed by atoms with Gasteiger partial charge >= 0.3 is 0 Å². The highest BCUT2D eigenvalue weighted by Gasteiger charge is 2.35. The number of allylic oxidation sites excluding steroid dienone is 2. The fourth-order valence-electron chi connectivity index (χ4n) is 3.50. The summed E-state index contributed by atoms with van der Waals surface area (Å²) < 4.78 is 0. The molecule has 0 spiro atoms. The molecule has 5 nitrogen and oxygen atoms in total. The van der Waals surface area contributed by atoms with Crippen molar-refractivity contribution < 1.29 is 0 Å². The molecule has 0 aromatic heterocycles. The summed E-state index contributed by atoms with van der Waals surface area (Å²) in [6.07, 6.45) is 7.07. The summed E-state index contributed by atoms with van der Waals surface area (Å²) in [4.78, 5) is 25.4. The third-order valence-electron chi connectivity index (χ3n) is 4.73. The summed E-state index contributed by atoms with van der Waals surface area (Å²) in [7, 11) is 3.96. The molecule has 0 amide bonds. The molecule has 2 N–H and O–H groups in total. The number of anilines is 2. The first-order valence-corrected chi connectivity index (χ1v) is 7.70. The topological polar surface area (TPSA) is 61.4 Å². The predicted octanol–water partition coefficient (Wildman–Crippen LogP) is 0.880. The summed E-state index contributed by atoms with van der Waals surface area (Å²) >= 11 is 0. The van der Waals surface area contributed by atoms with Gasteiger partial charge in [0.15, 0.2) is 0 Å². The van der Waals surface area contributed by atoms with Crippen LogP contribution in [0.5, 0.6) is 0 Å². The van der Waals surface area contributed by atoms with Crippen LogP contribution in [0, 0.1) is 17.8 Å². The average Bonchev–Trinajstić information content (AvgIpc) is 3.07. The van der Waals surface area contributed by atoms with E-state index in [1.165, 1.54) is 12.8 Å². The van der Waals surface area contributed by atoms with Crippen molar-refractivity contribution in [1.82, 2.24) is 4.90 Å². The second-order valence-electron chi connectivity index (χ2n) is 6.56. The minimum absolute atomic E-state index is 0.374. The van der Waals surface area contributed by atoms with Gasteiger partial charge in [0.25, 0.3) is 10.9 Å². The molecule has 0 unspecified atom stereocenters. The Hall–Kier alpha value is -1.62. The van der Waals surface area contributed by atoms with E-state index in [4.69, 9.17) is 0 Å². The molecule has 1 aromatic rings. The fourth-order valence-corrected chi connectivity index (χ4v) is 3.50. The standard InChI is InChI=1S/C16H23N3O2/c1-19(2)6-5-17-13-14(16(21)15(13)20)18-9-12-8-10-3-4-11(12)7-10/h3-4,10-12,17-18H,5-9H2,1-2H3/t10-,11-,12-/m0/s1. The maximum absolute atomic E-state index is 11.7. The van der Waals surface area contributed by atoms with Crippen molar-refractivity contribution in [1.29, 1.82) is 0 Å². The summed E-state index contributed by atoms with van der Waals surface area (Å²) in [5, 5.41) is 6.29. The molecule has 3 atom stereocenters. The van der Waals surface area contributed by atoms with E-state index in [9.17, 15) is 9.59 Å². The van der Waals surface area contributed by atoms with Crippen LogP contribution in [0.1, 0.15) is 12.8 Å². The van der Waals surface area contributed by atoms with E-state index >= 15 is 0 Å². The van der Waals surface area contributed by atoms with Crippen LogP contribution in [0.15, 0.2) is 21.7 Å². The number of rotatable bonds is 7. The highest BCUT2D eigenvalue weighted by atomic mass is 16.2. The van der Waals surface area contributed by atoms with E-state index in [0.717, 1.165) is 19.0 Å². The van der Waals surface area contributed by atoms with Gasteiger partial charge in [0.05, 0.1) is 0 Å². The van der Waals surface area contributed by atoms with Crippen LogP contribution in [0.2, 0.25) is 0 Å². The molecule has 21 heavy (non-hydrogen) atoms. The van der Waals surface area contributed by atoms with Gasteiger partial charge in [0.1, 0.15) is 11.4 Å². The van der Waals surface area contributed by atoms with Crippen molar-refractivity contribution in [2.45, 2.75) is 12.8 Å². The molecule has 1 saturated carbocycles. The molecule has 3 rings (SSSR count). The Morgan fingerprint density at radius 1 is 1.10 bits per heavy atom. The van der Waals surface area contributed by atoms with Gasteiger partial charge in [-0.1, -0.05) is 12.2 Å². The van der Waals surface area contributed by atoms with Gasteiger partial charge in [-0.05, 0) is 44.7 Å². The normalized spacial score (nSPS) is 26.9. The molecule has 114 valence electrons. The third kappa shape index (κ3) is 2.75. The minimum Gasteiger partial charge on any atom is -0.380 e. The largest absolute Gasteiger partial charge is 0.380 e. The molecule has 0 aliphatic heterocycles. The van der Waals surface area contributed by atoms with E-state index in [0.29, 0.717) is 29.8 Å². The van der Waals surface area contributed by atoms with Crippen molar-refractivity contribution in [2.24, 2.45) is 17.8 Å². The second kappa shape index (κ2) is 5.64. The Morgan fingerprint density at radius 3 is 2.38 bits per heavy atom. The van der Waals surface area contributed by atoms with Gasteiger partial charge in [0, 0.05) is 19.6 Å². The SMILES string of the molecule is CN(C)CCNc1c(NC[C@@H]2C[C@H]3C=C[C@H]2C3)c(=O)c1=O. The van der Waals surface area contributed by atoms with Gasteiger partial charge in [-0.25, -0.2) is 0 Å². The second-order valence-corrected chi connectivity index (χ2v) is 6.56. The molecule has 0 radical (unpaired) electrons. The van der Waals surface area contributed by atoms with E-state index in [1.807, 2.05) is 19.0 Å². The lowest BCUT2D eigenvalue weighted by atomic mass is 9.93. The summed E-state index contributed by atoms with van der Waals surface area (Å²) in [6, 6.07) is 0. The quantitative estimate of drug-likeness (QED) is 0.576. The molecule has 2 aliphatic rings. The maximum atomic E-state index is 11.7. The van der Waals surface area contributed by atoms with Crippen LogP contribution >= 0.6 is 0 Å². The average molecular weight is 289 g/mol. The summed E-state index contributed by atoms with van der Waals surface area (Å²) in [5.74, 6) is 1.98. The number of nitrogens with zero attached hydrogens (tertiary/aromatic N) is 1. The first-order valence-electron chi connectivity index (χ1n) is 7.70. The Kier molecular flexibility index (Phi) is 3.85. The predicted molar refractivity (Wildman–Crippen MR) is 85.7 cm³/mol. The van der Waals surface area contributed by atoms with Crippen molar-refractivity contribution in [3.05, 3.63) is 32.6 Å². The Bertz CT molecular complexity index is 613. The molecule has 0 heterocycles. The van der Waals surface area contributed by atoms with Crippen LogP contribution < -0.4 is 21.5 Å². The molecular weight excluding hydrogens is 266 g/mol. The van der Waals surface area contributed by atoms with E-state index in [1.54, 1.807) is 0 Å². The number of hydrogen-bond donors (Lipinski definition) is 2. The van der Waals surface area contributed by atoms with Crippen LogP contribution in [-0.4, -0.2) is 38.6 Å². The summed E-state index contributed by atoms with van der Waals surface area (Å²) in [6.45, 7) is 2.29. The minimum atomic E-state index is -0.385. The molecule has 5 heteroatoms. The van der Waals surface area contributed by atoms with Crippen molar-refractivity contribution in [3.8, 4) is 0 Å². The zero-order valence-corrected chi connectivity index (χ0v) is 12.7. The molecule has 2 bridgehead atoms. The van der Waals surface area contributed by atoms with Gasteiger partial charge in [-0.3, -0.25) is 9.59 Å². The Morgan fingerprint density at radius 2 is 1.81 bits per heavy atom. The molecule has 0 saturated heterocycles. The van der Waals surface area contributed by atoms with Crippen molar-refractivity contribution in [3.63, 3.8) is 0 Å². The first kappa shape index (κ1) is 14.3. The number of fused-ring (bicyclic) bond motifs is 2. The van der Waals surface area contributed by atoms with E-state index in [2.05, 4.69) is 22.8 Å². The molecular formula is C16H23N3O2. The van der Waals surface area contributed by atoms with E-state index < -0.39 is 0 Å². The van der Waals surface area contributed by atoms with E-state index in [-0.39, 0.29) is 10.9 Å². The van der Waals surface area contributed by atoms with Gasteiger partial charge in [-0.2, -0.15) is 0 Å². The smallest absolute Gasteiger partial charge is 0.253 e. The Balaban J connectivity index is 1.56. The molecule has 1 fully saturated rings. The lowest BCUT2D eigenvalue weighted by Crippen LogP contribution is -2.39. The van der Waals surface area contributed by atoms with Crippen molar-refractivity contribution >= 4 is 11.4 Å². The number of hydrogen-bond acceptors (Lipinski definition) is 5. The number of likely N-dealkylation sites (N-methyl/N-ethyl adjacent to an activating group) is 1. The van der Waals surface area contributed by atoms with Gasteiger partial charge in [-0.15, -0.1) is 0 Å². The first-order chi connectivity index (χ1) is 10.1. The van der Waals surface area contributed by atoms with Gasteiger partial charge in [0.2, 0.25) is 0 Å². The van der Waals surface area contributed by atoms with Crippen LogP contribution in [0.25, 0.3) is 0 Å². The van der Waals surface area contributed by atoms with Crippen molar-refractivity contribution in [2.75, 3.05) is 44.4 Å². The maximum Gasteiger partial charge on any atom is 0.253 e. The highest BCUT2D eigenvalue weighted by molar-refractivity contribution is 5.73. The van der Waals surface area contributed by atoms with Crippen LogP contribution in [-0.2, 0) is 0 Å². The van der Waals surface area contributed by atoms with Crippen LogP contribution in [0.3, 0.4) is 0 Å². The monoisotopic (exact) mass is 289 g/mol. The zero-order chi connectivity index (χ0) is 15.0. The van der Waals surface area contributed by atoms with Crippen LogP contribution in [0.4, 0.5) is 11.4 Å². The fraction of sp³-hybridized carbons (Fsp3) is 0.625. The molecule has 1 aromatic carbocycles. The summed E-state index contributed by atoms with van der Waals surface area (Å²) in [5.41, 5.74) is 0.205. The molecule has 2 aliphatic carbocycles. The Labute approximate surface area is 124 Å². The van der Waals surface area contributed by atoms with Gasteiger partial charge < -0.3 is 15.5 Å². The lowest BCUT2D eigenvalue weighted by Gasteiger charge is -2.21.